The molecule has 20 heavy (non-hydrogen) atoms. The van der Waals surface area contributed by atoms with Gasteiger partial charge in [0.1, 0.15) is 0 Å². The van der Waals surface area contributed by atoms with Crippen LogP contribution < -0.4 is 4.72 Å². The van der Waals surface area contributed by atoms with Crippen molar-refractivity contribution in [1.29, 1.82) is 0 Å². The van der Waals surface area contributed by atoms with Crippen LogP contribution in [0.2, 0.25) is 0 Å². The molecule has 0 bridgehead atoms. The standard InChI is InChI=1S/C13H20N2O4S/c16-11-13-10-15(8-9-19-13)20(17,18)14-7-6-12-4-2-1-3-5-12/h1-5,13-14,16H,6-11H2. The molecule has 1 aliphatic heterocycles. The first-order valence-corrected chi connectivity index (χ1v) is 8.07. The molecule has 6 nitrogen and oxygen atoms in total. The molecule has 1 atom stereocenters. The maximum atomic E-state index is 12.1. The van der Waals surface area contributed by atoms with Crippen molar-refractivity contribution in [1.82, 2.24) is 9.03 Å². The zero-order valence-corrected chi connectivity index (χ0v) is 12.1. The summed E-state index contributed by atoms with van der Waals surface area (Å²) in [6, 6.07) is 9.71. The highest BCUT2D eigenvalue weighted by Crippen LogP contribution is 2.08. The van der Waals surface area contributed by atoms with E-state index < -0.39 is 16.3 Å². The van der Waals surface area contributed by atoms with Crippen LogP contribution in [0.5, 0.6) is 0 Å². The van der Waals surface area contributed by atoms with Crippen LogP contribution in [0.15, 0.2) is 30.3 Å². The first-order valence-electron chi connectivity index (χ1n) is 6.63. The van der Waals surface area contributed by atoms with Crippen LogP contribution in [0.3, 0.4) is 0 Å². The minimum absolute atomic E-state index is 0.171. The number of ether oxygens (including phenoxy) is 1. The highest BCUT2D eigenvalue weighted by atomic mass is 32.2. The summed E-state index contributed by atoms with van der Waals surface area (Å²) < 4.78 is 33.4. The van der Waals surface area contributed by atoms with Gasteiger partial charge in [-0.3, -0.25) is 0 Å². The van der Waals surface area contributed by atoms with Gasteiger partial charge in [0.15, 0.2) is 0 Å². The van der Waals surface area contributed by atoms with Gasteiger partial charge in [0.05, 0.1) is 19.3 Å². The van der Waals surface area contributed by atoms with E-state index in [-0.39, 0.29) is 13.2 Å². The molecule has 2 rings (SSSR count). The van der Waals surface area contributed by atoms with Crippen molar-refractivity contribution in [3.63, 3.8) is 0 Å². The van der Waals surface area contributed by atoms with Crippen LogP contribution in [0.25, 0.3) is 0 Å². The number of hydrogen-bond acceptors (Lipinski definition) is 4. The molecule has 0 aliphatic carbocycles. The van der Waals surface area contributed by atoms with Crippen LogP contribution in [0.4, 0.5) is 0 Å². The molecule has 112 valence electrons. The Bertz CT molecular complexity index is 506. The fourth-order valence-corrected chi connectivity index (χ4v) is 3.30. The molecule has 0 radical (unpaired) electrons. The number of aliphatic hydroxyl groups excluding tert-OH is 1. The normalized spacial score (nSPS) is 20.9. The summed E-state index contributed by atoms with van der Waals surface area (Å²) in [6.07, 6.45) is 0.211. The number of hydrogen-bond donors (Lipinski definition) is 2. The van der Waals surface area contributed by atoms with Crippen LogP contribution >= 0.6 is 0 Å². The fourth-order valence-electron chi connectivity index (χ4n) is 2.08. The molecule has 7 heteroatoms. The molecule has 1 heterocycles. The Morgan fingerprint density at radius 3 is 2.80 bits per heavy atom. The van der Waals surface area contributed by atoms with Crippen molar-refractivity contribution in [2.45, 2.75) is 12.5 Å². The van der Waals surface area contributed by atoms with Crippen molar-refractivity contribution in [2.75, 3.05) is 32.8 Å². The zero-order chi connectivity index (χ0) is 14.4. The van der Waals surface area contributed by atoms with Gasteiger partial charge in [0.2, 0.25) is 0 Å². The van der Waals surface area contributed by atoms with Gasteiger partial charge in [-0.15, -0.1) is 0 Å². The van der Waals surface area contributed by atoms with E-state index in [1.54, 1.807) is 0 Å². The third kappa shape index (κ3) is 4.26. The third-order valence-electron chi connectivity index (χ3n) is 3.19. The lowest BCUT2D eigenvalue weighted by molar-refractivity contribution is -0.0307. The SMILES string of the molecule is O=S(=O)(NCCc1ccccc1)N1CCOC(CO)C1. The molecule has 1 saturated heterocycles. The van der Waals surface area contributed by atoms with Crippen molar-refractivity contribution in [3.05, 3.63) is 35.9 Å². The Hall–Kier alpha value is -0.990. The highest BCUT2D eigenvalue weighted by Gasteiger charge is 2.28. The van der Waals surface area contributed by atoms with Crippen molar-refractivity contribution < 1.29 is 18.3 Å². The summed E-state index contributed by atoms with van der Waals surface area (Å²) in [6.45, 7) is 1.00. The van der Waals surface area contributed by atoms with E-state index in [1.165, 1.54) is 4.31 Å². The lowest BCUT2D eigenvalue weighted by Crippen LogP contribution is -2.51. The molecular weight excluding hydrogens is 280 g/mol. The minimum atomic E-state index is -3.50. The van der Waals surface area contributed by atoms with Crippen LogP contribution in [0.1, 0.15) is 5.56 Å². The number of nitrogens with zero attached hydrogens (tertiary/aromatic N) is 1. The van der Waals surface area contributed by atoms with E-state index in [2.05, 4.69) is 4.72 Å². The monoisotopic (exact) mass is 300 g/mol. The Balaban J connectivity index is 1.84. The predicted octanol–water partition coefficient (Wildman–Crippen LogP) is -0.243. The van der Waals surface area contributed by atoms with Crippen molar-refractivity contribution in [2.24, 2.45) is 0 Å². The van der Waals surface area contributed by atoms with E-state index in [0.717, 1.165) is 5.56 Å². The fraction of sp³-hybridized carbons (Fsp3) is 0.538. The van der Waals surface area contributed by atoms with E-state index in [0.29, 0.717) is 26.1 Å². The van der Waals surface area contributed by atoms with Crippen molar-refractivity contribution >= 4 is 10.2 Å². The summed E-state index contributed by atoms with van der Waals surface area (Å²) in [4.78, 5) is 0. The quantitative estimate of drug-likeness (QED) is 0.760. The molecule has 1 unspecified atom stereocenters. The van der Waals surface area contributed by atoms with Crippen LogP contribution in [-0.2, 0) is 21.4 Å². The summed E-state index contributed by atoms with van der Waals surface area (Å²) >= 11 is 0. The first kappa shape index (κ1) is 15.4. The Morgan fingerprint density at radius 2 is 2.10 bits per heavy atom. The van der Waals surface area contributed by atoms with Gasteiger partial charge >= 0.3 is 0 Å². The molecule has 2 N–H and O–H groups in total. The lowest BCUT2D eigenvalue weighted by atomic mass is 10.2. The van der Waals surface area contributed by atoms with Crippen molar-refractivity contribution in [3.8, 4) is 0 Å². The highest BCUT2D eigenvalue weighted by molar-refractivity contribution is 7.87. The average molecular weight is 300 g/mol. The number of benzene rings is 1. The molecule has 0 aromatic heterocycles. The topological polar surface area (TPSA) is 78.9 Å². The van der Waals surface area contributed by atoms with Gasteiger partial charge in [-0.1, -0.05) is 30.3 Å². The van der Waals surface area contributed by atoms with Gasteiger partial charge in [0.25, 0.3) is 10.2 Å². The Labute approximate surface area is 119 Å². The smallest absolute Gasteiger partial charge is 0.279 e. The maximum Gasteiger partial charge on any atom is 0.279 e. The zero-order valence-electron chi connectivity index (χ0n) is 11.2. The van der Waals surface area contributed by atoms with E-state index in [4.69, 9.17) is 9.84 Å². The van der Waals surface area contributed by atoms with Gasteiger partial charge in [-0.2, -0.15) is 12.7 Å². The van der Waals surface area contributed by atoms with Crippen LogP contribution in [0, 0.1) is 0 Å². The molecule has 0 spiro atoms. The molecular formula is C13H20N2O4S. The molecule has 1 fully saturated rings. The Morgan fingerprint density at radius 1 is 1.35 bits per heavy atom. The summed E-state index contributed by atoms with van der Waals surface area (Å²) in [5, 5.41) is 9.03. The maximum absolute atomic E-state index is 12.1. The number of rotatable bonds is 6. The molecule has 1 aromatic rings. The number of nitrogens with one attached hydrogen (secondary N) is 1. The van der Waals surface area contributed by atoms with E-state index >= 15 is 0 Å². The summed E-state index contributed by atoms with van der Waals surface area (Å²) in [5.74, 6) is 0. The van der Waals surface area contributed by atoms with E-state index in [9.17, 15) is 8.42 Å². The number of aliphatic hydroxyl groups is 1. The first-order chi connectivity index (χ1) is 9.62. The predicted molar refractivity (Wildman–Crippen MR) is 75.5 cm³/mol. The summed E-state index contributed by atoms with van der Waals surface area (Å²) in [5.41, 5.74) is 1.09. The Kier molecular flexibility index (Phi) is 5.50. The molecule has 1 aliphatic rings. The van der Waals surface area contributed by atoms with Crippen LogP contribution in [-0.4, -0.2) is 56.8 Å². The largest absolute Gasteiger partial charge is 0.394 e. The van der Waals surface area contributed by atoms with Gasteiger partial charge in [0, 0.05) is 19.6 Å². The second kappa shape index (κ2) is 7.14. The van der Waals surface area contributed by atoms with Gasteiger partial charge in [-0.25, -0.2) is 4.72 Å². The van der Waals surface area contributed by atoms with Gasteiger partial charge in [-0.05, 0) is 12.0 Å². The lowest BCUT2D eigenvalue weighted by Gasteiger charge is -2.31. The molecule has 1 aromatic carbocycles. The second-order valence-electron chi connectivity index (χ2n) is 4.67. The molecule has 0 amide bonds. The average Bonchev–Trinajstić information content (AvgIpc) is 2.48. The number of morpholine rings is 1. The van der Waals surface area contributed by atoms with E-state index in [1.807, 2.05) is 30.3 Å². The second-order valence-corrected chi connectivity index (χ2v) is 6.42. The van der Waals surface area contributed by atoms with Gasteiger partial charge < -0.3 is 9.84 Å². The summed E-state index contributed by atoms with van der Waals surface area (Å²) in [7, 11) is -3.50. The molecule has 0 saturated carbocycles. The third-order valence-corrected chi connectivity index (χ3v) is 4.77. The minimum Gasteiger partial charge on any atom is -0.394 e.